The number of aryl methyl sites for hydroxylation is 1. The third-order valence-electron chi connectivity index (χ3n) is 2.95. The lowest BCUT2D eigenvalue weighted by Crippen LogP contribution is -2.18. The maximum atomic E-state index is 12.1. The fourth-order valence-electron chi connectivity index (χ4n) is 1.88. The highest BCUT2D eigenvalue weighted by Crippen LogP contribution is 2.26. The molecular formula is C16H16O4S. The van der Waals surface area contributed by atoms with Crippen molar-refractivity contribution in [3.63, 3.8) is 0 Å². The predicted molar refractivity (Wildman–Crippen MR) is 82.9 cm³/mol. The molecule has 0 unspecified atom stereocenters. The van der Waals surface area contributed by atoms with Crippen LogP contribution in [-0.2, 0) is 4.74 Å². The van der Waals surface area contributed by atoms with Crippen LogP contribution in [0.2, 0.25) is 0 Å². The monoisotopic (exact) mass is 304 g/mol. The molecule has 5 heteroatoms. The molecule has 0 N–H and O–H groups in total. The summed E-state index contributed by atoms with van der Waals surface area (Å²) < 4.78 is 10.2. The molecule has 0 atom stereocenters. The lowest BCUT2D eigenvalue weighted by Gasteiger charge is -2.08. The number of carbonyl (C=O) groups is 1. The van der Waals surface area contributed by atoms with E-state index in [4.69, 9.17) is 9.15 Å². The fraction of sp³-hybridized carbons (Fsp3) is 0.250. The Balaban J connectivity index is 2.53. The van der Waals surface area contributed by atoms with Gasteiger partial charge in [0.15, 0.2) is 5.56 Å². The van der Waals surface area contributed by atoms with Gasteiger partial charge in [-0.1, -0.05) is 29.8 Å². The largest absolute Gasteiger partial charge is 0.462 e. The Bertz CT molecular complexity index is 701. The second kappa shape index (κ2) is 6.63. The highest BCUT2D eigenvalue weighted by Gasteiger charge is 2.20. The summed E-state index contributed by atoms with van der Waals surface area (Å²) in [6.07, 6.45) is 1.80. The molecule has 0 radical (unpaired) electrons. The van der Waals surface area contributed by atoms with Crippen molar-refractivity contribution in [2.24, 2.45) is 0 Å². The van der Waals surface area contributed by atoms with E-state index in [1.54, 1.807) is 19.2 Å². The molecule has 2 aromatic rings. The minimum atomic E-state index is -0.670. The zero-order chi connectivity index (χ0) is 15.4. The summed E-state index contributed by atoms with van der Waals surface area (Å²) in [4.78, 5) is 24.5. The SMILES string of the molecule is CCOC(=O)c1c(SC)cc(-c2ccc(C)cc2)oc1=O. The molecule has 0 aliphatic heterocycles. The highest BCUT2D eigenvalue weighted by molar-refractivity contribution is 7.98. The van der Waals surface area contributed by atoms with Crippen molar-refractivity contribution in [3.05, 3.63) is 51.9 Å². The molecule has 110 valence electrons. The van der Waals surface area contributed by atoms with Gasteiger partial charge in [0.25, 0.3) is 0 Å². The normalized spacial score (nSPS) is 10.4. The third-order valence-corrected chi connectivity index (χ3v) is 3.71. The van der Waals surface area contributed by atoms with Crippen LogP contribution in [0.4, 0.5) is 0 Å². The van der Waals surface area contributed by atoms with Gasteiger partial charge < -0.3 is 9.15 Å². The van der Waals surface area contributed by atoms with Crippen LogP contribution in [0.1, 0.15) is 22.8 Å². The van der Waals surface area contributed by atoms with Gasteiger partial charge in [0.1, 0.15) is 5.76 Å². The van der Waals surface area contributed by atoms with E-state index in [2.05, 4.69) is 0 Å². The van der Waals surface area contributed by atoms with Gasteiger partial charge in [-0.15, -0.1) is 11.8 Å². The molecule has 0 aliphatic rings. The smallest absolute Gasteiger partial charge is 0.352 e. The van der Waals surface area contributed by atoms with Crippen molar-refractivity contribution < 1.29 is 13.9 Å². The molecular weight excluding hydrogens is 288 g/mol. The van der Waals surface area contributed by atoms with Crippen molar-refractivity contribution >= 4 is 17.7 Å². The average molecular weight is 304 g/mol. The highest BCUT2D eigenvalue weighted by atomic mass is 32.2. The summed E-state index contributed by atoms with van der Waals surface area (Å²) in [5.74, 6) is -0.205. The molecule has 0 bridgehead atoms. The summed E-state index contributed by atoms with van der Waals surface area (Å²) in [5.41, 5.74) is 1.20. The second-order valence-electron chi connectivity index (χ2n) is 4.43. The van der Waals surface area contributed by atoms with Crippen LogP contribution in [0.5, 0.6) is 0 Å². The Morgan fingerprint density at radius 2 is 1.95 bits per heavy atom. The molecule has 0 fully saturated rings. The quantitative estimate of drug-likeness (QED) is 0.639. The van der Waals surface area contributed by atoms with Crippen LogP contribution >= 0.6 is 11.8 Å². The number of rotatable bonds is 4. The molecule has 0 saturated carbocycles. The van der Waals surface area contributed by atoms with Crippen molar-refractivity contribution in [2.45, 2.75) is 18.7 Å². The van der Waals surface area contributed by atoms with E-state index in [1.165, 1.54) is 11.8 Å². The Hall–Kier alpha value is -2.01. The Labute approximate surface area is 127 Å². The lowest BCUT2D eigenvalue weighted by molar-refractivity contribution is 0.0517. The number of hydrogen-bond donors (Lipinski definition) is 0. The predicted octanol–water partition coefficient (Wildman–Crippen LogP) is 3.51. The number of hydrogen-bond acceptors (Lipinski definition) is 5. The van der Waals surface area contributed by atoms with Crippen molar-refractivity contribution in [1.29, 1.82) is 0 Å². The topological polar surface area (TPSA) is 56.5 Å². The van der Waals surface area contributed by atoms with Crippen LogP contribution in [0.25, 0.3) is 11.3 Å². The van der Waals surface area contributed by atoms with Gasteiger partial charge in [0.2, 0.25) is 0 Å². The fourth-order valence-corrected chi connectivity index (χ4v) is 2.48. The van der Waals surface area contributed by atoms with E-state index < -0.39 is 11.6 Å². The molecule has 1 aromatic carbocycles. The zero-order valence-electron chi connectivity index (χ0n) is 12.1. The van der Waals surface area contributed by atoms with Crippen LogP contribution in [0.3, 0.4) is 0 Å². The van der Waals surface area contributed by atoms with Gasteiger partial charge in [-0.25, -0.2) is 9.59 Å². The molecule has 21 heavy (non-hydrogen) atoms. The molecule has 2 rings (SSSR count). The minimum absolute atomic E-state index is 0.0415. The van der Waals surface area contributed by atoms with Gasteiger partial charge in [-0.05, 0) is 26.2 Å². The first-order valence-electron chi connectivity index (χ1n) is 6.53. The molecule has 0 spiro atoms. The van der Waals surface area contributed by atoms with Crippen LogP contribution in [-0.4, -0.2) is 18.8 Å². The summed E-state index contributed by atoms with van der Waals surface area (Å²) in [6, 6.07) is 9.33. The first-order chi connectivity index (χ1) is 10.1. The number of benzene rings is 1. The Morgan fingerprint density at radius 3 is 2.52 bits per heavy atom. The van der Waals surface area contributed by atoms with E-state index in [1.807, 2.05) is 31.2 Å². The minimum Gasteiger partial charge on any atom is -0.462 e. The van der Waals surface area contributed by atoms with Crippen LogP contribution < -0.4 is 5.63 Å². The molecule has 0 aliphatic carbocycles. The average Bonchev–Trinajstić information content (AvgIpc) is 2.47. The van der Waals surface area contributed by atoms with E-state index in [0.29, 0.717) is 10.7 Å². The summed E-state index contributed by atoms with van der Waals surface area (Å²) in [6.45, 7) is 3.89. The molecule has 1 aromatic heterocycles. The van der Waals surface area contributed by atoms with E-state index >= 15 is 0 Å². The number of carbonyl (C=O) groups excluding carboxylic acids is 1. The number of ether oxygens (including phenoxy) is 1. The maximum Gasteiger partial charge on any atom is 0.352 e. The van der Waals surface area contributed by atoms with Gasteiger partial charge >= 0.3 is 11.6 Å². The van der Waals surface area contributed by atoms with E-state index in [-0.39, 0.29) is 12.2 Å². The number of esters is 1. The van der Waals surface area contributed by atoms with Gasteiger partial charge in [-0.3, -0.25) is 0 Å². The van der Waals surface area contributed by atoms with Gasteiger partial charge in [0.05, 0.1) is 6.61 Å². The standard InChI is InChI=1S/C16H16O4S/c1-4-19-15(17)14-13(21-3)9-12(20-16(14)18)11-7-5-10(2)6-8-11/h5-9H,4H2,1-3H3. The summed E-state index contributed by atoms with van der Waals surface area (Å²) in [5, 5.41) is 0. The van der Waals surface area contributed by atoms with Gasteiger partial charge in [-0.2, -0.15) is 0 Å². The molecule has 1 heterocycles. The molecule has 0 amide bonds. The molecule has 0 saturated heterocycles. The maximum absolute atomic E-state index is 12.1. The zero-order valence-corrected chi connectivity index (χ0v) is 13.0. The van der Waals surface area contributed by atoms with Crippen LogP contribution in [0.15, 0.2) is 44.4 Å². The lowest BCUT2D eigenvalue weighted by atomic mass is 10.1. The van der Waals surface area contributed by atoms with Crippen molar-refractivity contribution in [2.75, 3.05) is 12.9 Å². The summed E-state index contributed by atoms with van der Waals surface area (Å²) >= 11 is 1.31. The van der Waals surface area contributed by atoms with E-state index in [9.17, 15) is 9.59 Å². The molecule has 4 nitrogen and oxygen atoms in total. The Kier molecular flexibility index (Phi) is 4.85. The first kappa shape index (κ1) is 15.4. The first-order valence-corrected chi connectivity index (χ1v) is 7.75. The summed E-state index contributed by atoms with van der Waals surface area (Å²) in [7, 11) is 0. The van der Waals surface area contributed by atoms with Gasteiger partial charge in [0, 0.05) is 10.5 Å². The van der Waals surface area contributed by atoms with Crippen molar-refractivity contribution in [1.82, 2.24) is 0 Å². The van der Waals surface area contributed by atoms with Crippen molar-refractivity contribution in [3.8, 4) is 11.3 Å². The number of thioether (sulfide) groups is 1. The Morgan fingerprint density at radius 1 is 1.29 bits per heavy atom. The third kappa shape index (κ3) is 3.36. The second-order valence-corrected chi connectivity index (χ2v) is 5.28. The van der Waals surface area contributed by atoms with Crippen LogP contribution in [0, 0.1) is 6.92 Å². The van der Waals surface area contributed by atoms with E-state index in [0.717, 1.165) is 11.1 Å².